The zero-order chi connectivity index (χ0) is 19.2. The van der Waals surface area contributed by atoms with Gasteiger partial charge in [-0.25, -0.2) is 0 Å². The highest BCUT2D eigenvalue weighted by Crippen LogP contribution is 2.41. The molecular formula is C15H8F9N. The highest BCUT2D eigenvalue weighted by molar-refractivity contribution is 5.66. The molecule has 10 heteroatoms. The van der Waals surface area contributed by atoms with Crippen molar-refractivity contribution in [2.75, 3.05) is 0 Å². The molecule has 0 fully saturated rings. The minimum absolute atomic E-state index is 0.220. The molecule has 0 amide bonds. The van der Waals surface area contributed by atoms with E-state index >= 15 is 0 Å². The molecule has 1 aromatic carbocycles. The van der Waals surface area contributed by atoms with Crippen molar-refractivity contribution in [2.24, 2.45) is 0 Å². The summed E-state index contributed by atoms with van der Waals surface area (Å²) >= 11 is 0. The number of nitrogens with zero attached hydrogens (tertiary/aromatic N) is 1. The number of benzene rings is 1. The molecule has 25 heavy (non-hydrogen) atoms. The fourth-order valence-corrected chi connectivity index (χ4v) is 2.19. The Labute approximate surface area is 135 Å². The van der Waals surface area contributed by atoms with E-state index in [-0.39, 0.29) is 18.2 Å². The normalized spacial score (nSPS) is 13.2. The standard InChI is InChI=1S/C15H8F9N/c1-7-10(14(19,20)21)4-5-12(25-7)9-6-8(13(16,17)18)2-3-11(9)15(22,23)24/h2-6H,1H3. The molecule has 1 aromatic heterocycles. The SMILES string of the molecule is Cc1nc(-c2cc(C(F)(F)F)ccc2C(F)(F)F)ccc1C(F)(F)F. The van der Waals surface area contributed by atoms with E-state index in [0.29, 0.717) is 12.1 Å². The second kappa shape index (κ2) is 5.92. The highest BCUT2D eigenvalue weighted by Gasteiger charge is 2.38. The lowest BCUT2D eigenvalue weighted by atomic mass is 9.99. The Morgan fingerprint density at radius 3 is 1.64 bits per heavy atom. The van der Waals surface area contributed by atoms with Crippen molar-refractivity contribution >= 4 is 0 Å². The maximum absolute atomic E-state index is 13.0. The summed E-state index contributed by atoms with van der Waals surface area (Å²) in [4.78, 5) is 3.42. The van der Waals surface area contributed by atoms with E-state index in [2.05, 4.69) is 4.98 Å². The van der Waals surface area contributed by atoms with E-state index < -0.39 is 52.2 Å². The minimum atomic E-state index is -5.00. The summed E-state index contributed by atoms with van der Waals surface area (Å²) in [7, 11) is 0. The Hall–Kier alpha value is -2.26. The van der Waals surface area contributed by atoms with Gasteiger partial charge in [-0.05, 0) is 37.3 Å². The molecule has 0 unspecified atom stereocenters. The van der Waals surface area contributed by atoms with Gasteiger partial charge in [-0.2, -0.15) is 39.5 Å². The van der Waals surface area contributed by atoms with Crippen LogP contribution in [0.3, 0.4) is 0 Å². The zero-order valence-corrected chi connectivity index (χ0v) is 12.2. The van der Waals surface area contributed by atoms with Crippen molar-refractivity contribution in [1.29, 1.82) is 0 Å². The first-order valence-electron chi connectivity index (χ1n) is 6.55. The first kappa shape index (κ1) is 19.1. The molecule has 1 heterocycles. The monoisotopic (exact) mass is 373 g/mol. The van der Waals surface area contributed by atoms with Gasteiger partial charge in [0.15, 0.2) is 0 Å². The van der Waals surface area contributed by atoms with Gasteiger partial charge < -0.3 is 0 Å². The maximum Gasteiger partial charge on any atom is 0.418 e. The number of aryl methyl sites for hydroxylation is 1. The third-order valence-corrected chi connectivity index (χ3v) is 3.32. The molecule has 0 N–H and O–H groups in total. The van der Waals surface area contributed by atoms with Crippen LogP contribution in [0.15, 0.2) is 30.3 Å². The van der Waals surface area contributed by atoms with Crippen LogP contribution in [0, 0.1) is 6.92 Å². The first-order chi connectivity index (χ1) is 11.2. The van der Waals surface area contributed by atoms with Crippen molar-refractivity contribution in [2.45, 2.75) is 25.5 Å². The fraction of sp³-hybridized carbons (Fsp3) is 0.267. The summed E-state index contributed by atoms with van der Waals surface area (Å²) in [5.41, 5.74) is -6.20. The van der Waals surface area contributed by atoms with Gasteiger partial charge in [0.2, 0.25) is 0 Å². The summed E-state index contributed by atoms with van der Waals surface area (Å²) in [5.74, 6) is 0. The molecule has 0 aliphatic carbocycles. The van der Waals surface area contributed by atoms with Gasteiger partial charge in [-0.1, -0.05) is 0 Å². The number of hydrogen-bond acceptors (Lipinski definition) is 1. The van der Waals surface area contributed by atoms with Gasteiger partial charge in [0.05, 0.1) is 28.1 Å². The predicted octanol–water partition coefficient (Wildman–Crippen LogP) is 6.11. The quantitative estimate of drug-likeness (QED) is 0.550. The third kappa shape index (κ3) is 4.05. The number of hydrogen-bond donors (Lipinski definition) is 0. The van der Waals surface area contributed by atoms with E-state index in [1.165, 1.54) is 0 Å². The molecule has 0 saturated carbocycles. The van der Waals surface area contributed by atoms with Crippen LogP contribution >= 0.6 is 0 Å². The van der Waals surface area contributed by atoms with Crippen LogP contribution in [-0.4, -0.2) is 4.98 Å². The predicted molar refractivity (Wildman–Crippen MR) is 69.4 cm³/mol. The summed E-state index contributed by atoms with van der Waals surface area (Å²) in [6, 6.07) is 1.80. The van der Waals surface area contributed by atoms with Gasteiger partial charge in [0.1, 0.15) is 0 Å². The molecule has 0 atom stereocenters. The van der Waals surface area contributed by atoms with Crippen LogP contribution in [0.25, 0.3) is 11.3 Å². The van der Waals surface area contributed by atoms with Gasteiger partial charge >= 0.3 is 18.5 Å². The van der Waals surface area contributed by atoms with E-state index in [4.69, 9.17) is 0 Å². The van der Waals surface area contributed by atoms with Gasteiger partial charge in [-0.15, -0.1) is 0 Å². The number of rotatable bonds is 1. The van der Waals surface area contributed by atoms with Crippen molar-refractivity contribution in [3.63, 3.8) is 0 Å². The molecule has 2 rings (SSSR count). The maximum atomic E-state index is 13.0. The minimum Gasteiger partial charge on any atom is -0.252 e. The molecule has 0 spiro atoms. The van der Waals surface area contributed by atoms with Crippen molar-refractivity contribution in [3.8, 4) is 11.3 Å². The molecule has 0 radical (unpaired) electrons. The summed E-state index contributed by atoms with van der Waals surface area (Å²) in [5, 5.41) is 0. The van der Waals surface area contributed by atoms with Gasteiger partial charge in [-0.3, -0.25) is 4.98 Å². The molecule has 1 nitrogen and oxygen atoms in total. The Morgan fingerprint density at radius 2 is 1.20 bits per heavy atom. The number of alkyl halides is 9. The lowest BCUT2D eigenvalue weighted by molar-refractivity contribution is -0.141. The summed E-state index contributed by atoms with van der Waals surface area (Å²) < 4.78 is 116. The molecule has 0 saturated heterocycles. The van der Waals surface area contributed by atoms with E-state index in [9.17, 15) is 39.5 Å². The van der Waals surface area contributed by atoms with Crippen LogP contribution < -0.4 is 0 Å². The second-order valence-electron chi connectivity index (χ2n) is 5.08. The first-order valence-corrected chi connectivity index (χ1v) is 6.55. The van der Waals surface area contributed by atoms with Gasteiger partial charge in [0.25, 0.3) is 0 Å². The smallest absolute Gasteiger partial charge is 0.252 e. The number of pyridine rings is 1. The number of halogens is 9. The van der Waals surface area contributed by atoms with Crippen LogP contribution in [0.4, 0.5) is 39.5 Å². The largest absolute Gasteiger partial charge is 0.418 e. The Balaban J connectivity index is 2.70. The number of aromatic nitrogens is 1. The van der Waals surface area contributed by atoms with Crippen LogP contribution in [0.1, 0.15) is 22.4 Å². The second-order valence-corrected chi connectivity index (χ2v) is 5.08. The molecular weight excluding hydrogens is 365 g/mol. The lowest BCUT2D eigenvalue weighted by Gasteiger charge is -2.17. The van der Waals surface area contributed by atoms with Crippen molar-refractivity contribution in [3.05, 3.63) is 52.7 Å². The van der Waals surface area contributed by atoms with Crippen LogP contribution in [-0.2, 0) is 18.5 Å². The van der Waals surface area contributed by atoms with E-state index in [1.54, 1.807) is 0 Å². The average Bonchev–Trinajstić information content (AvgIpc) is 2.43. The van der Waals surface area contributed by atoms with E-state index in [1.807, 2.05) is 0 Å². The fourth-order valence-electron chi connectivity index (χ4n) is 2.19. The molecule has 136 valence electrons. The van der Waals surface area contributed by atoms with Crippen LogP contribution in [0.2, 0.25) is 0 Å². The molecule has 0 aliphatic heterocycles. The van der Waals surface area contributed by atoms with E-state index in [0.717, 1.165) is 6.92 Å². The highest BCUT2D eigenvalue weighted by atomic mass is 19.4. The summed E-state index contributed by atoms with van der Waals surface area (Å²) in [6.07, 6.45) is -14.7. The Kier molecular flexibility index (Phi) is 4.52. The van der Waals surface area contributed by atoms with Crippen molar-refractivity contribution in [1.82, 2.24) is 4.98 Å². The molecule has 0 bridgehead atoms. The lowest BCUT2D eigenvalue weighted by Crippen LogP contribution is -2.12. The van der Waals surface area contributed by atoms with Crippen LogP contribution in [0.5, 0.6) is 0 Å². The van der Waals surface area contributed by atoms with Gasteiger partial charge in [0, 0.05) is 5.56 Å². The van der Waals surface area contributed by atoms with Crippen molar-refractivity contribution < 1.29 is 39.5 Å². The topological polar surface area (TPSA) is 12.9 Å². The average molecular weight is 373 g/mol. The Bertz CT molecular complexity index is 785. The third-order valence-electron chi connectivity index (χ3n) is 3.32. The molecule has 2 aromatic rings. The summed E-state index contributed by atoms with van der Waals surface area (Å²) in [6.45, 7) is 0.910. The Morgan fingerprint density at radius 1 is 0.680 bits per heavy atom. The molecule has 0 aliphatic rings. The zero-order valence-electron chi connectivity index (χ0n) is 12.2.